The molecular weight excluding hydrogens is 186 g/mol. The van der Waals surface area contributed by atoms with Crippen molar-refractivity contribution in [1.82, 2.24) is 0 Å². The van der Waals surface area contributed by atoms with Crippen molar-refractivity contribution in [1.29, 1.82) is 0 Å². The Morgan fingerprint density at radius 3 is 2.13 bits per heavy atom. The third-order valence-corrected chi connectivity index (χ3v) is 2.49. The molecule has 2 nitrogen and oxygen atoms in total. The van der Waals surface area contributed by atoms with E-state index in [0.29, 0.717) is 6.61 Å². The number of rotatable bonds is 11. The van der Waals surface area contributed by atoms with Gasteiger partial charge < -0.3 is 10.5 Å². The highest BCUT2D eigenvalue weighted by Crippen LogP contribution is 2.08. The van der Waals surface area contributed by atoms with Crippen molar-refractivity contribution in [2.75, 3.05) is 13.2 Å². The predicted molar refractivity (Wildman–Crippen MR) is 66.8 cm³/mol. The maximum absolute atomic E-state index is 5.35. The molecule has 0 atom stereocenters. The number of hydrogen-bond acceptors (Lipinski definition) is 2. The van der Waals surface area contributed by atoms with Crippen LogP contribution in [-0.4, -0.2) is 13.2 Å². The Bertz CT molecular complexity index is 134. The summed E-state index contributed by atoms with van der Waals surface area (Å²) < 4.78 is 5.35. The topological polar surface area (TPSA) is 35.2 Å². The molecule has 0 unspecified atom stereocenters. The van der Waals surface area contributed by atoms with Gasteiger partial charge in [-0.1, -0.05) is 51.9 Å². The molecule has 0 aromatic rings. The van der Waals surface area contributed by atoms with Crippen molar-refractivity contribution in [3.63, 3.8) is 0 Å². The zero-order valence-corrected chi connectivity index (χ0v) is 10.2. The highest BCUT2D eigenvalue weighted by molar-refractivity contribution is 4.74. The number of unbranched alkanes of at least 4 members (excludes halogenated alkanes) is 7. The lowest BCUT2D eigenvalue weighted by atomic mass is 10.1. The average Bonchev–Trinajstić information content (AvgIpc) is 2.26. The van der Waals surface area contributed by atoms with E-state index in [1.165, 1.54) is 57.6 Å². The lowest BCUT2D eigenvalue weighted by molar-refractivity contribution is 0.157. The van der Waals surface area contributed by atoms with E-state index in [4.69, 9.17) is 10.5 Å². The van der Waals surface area contributed by atoms with Gasteiger partial charge in [-0.25, -0.2) is 0 Å². The van der Waals surface area contributed by atoms with Gasteiger partial charge in [0.1, 0.15) is 0 Å². The minimum atomic E-state index is 0.660. The second kappa shape index (κ2) is 13.5. The molecule has 0 saturated heterocycles. The predicted octanol–water partition coefficient (Wildman–Crippen LogP) is 3.62. The fourth-order valence-electron chi connectivity index (χ4n) is 1.54. The summed E-state index contributed by atoms with van der Waals surface area (Å²) >= 11 is 0. The van der Waals surface area contributed by atoms with Crippen LogP contribution >= 0.6 is 0 Å². The molecule has 0 bridgehead atoms. The van der Waals surface area contributed by atoms with Gasteiger partial charge >= 0.3 is 0 Å². The highest BCUT2D eigenvalue weighted by Gasteiger charge is 1.91. The summed E-state index contributed by atoms with van der Waals surface area (Å²) in [5.41, 5.74) is 5.19. The molecule has 0 heterocycles. The third-order valence-electron chi connectivity index (χ3n) is 2.49. The standard InChI is InChI=1S/C13H27NO/c1-2-3-4-5-6-7-8-9-12-15-13-10-11-14/h10-11H,2-9,12-14H2,1H3. The minimum absolute atomic E-state index is 0.660. The fraction of sp³-hybridized carbons (Fsp3) is 0.846. The van der Waals surface area contributed by atoms with E-state index in [1.807, 2.05) is 6.08 Å². The van der Waals surface area contributed by atoms with Crippen molar-refractivity contribution < 1.29 is 4.74 Å². The first-order valence-corrected chi connectivity index (χ1v) is 6.36. The summed E-state index contributed by atoms with van der Waals surface area (Å²) in [5, 5.41) is 0. The van der Waals surface area contributed by atoms with Gasteiger partial charge in [0.15, 0.2) is 0 Å². The zero-order chi connectivity index (χ0) is 11.2. The Morgan fingerprint density at radius 1 is 0.933 bits per heavy atom. The molecule has 0 aliphatic rings. The van der Waals surface area contributed by atoms with E-state index in [9.17, 15) is 0 Å². The Morgan fingerprint density at radius 2 is 1.53 bits per heavy atom. The lowest BCUT2D eigenvalue weighted by Crippen LogP contribution is -1.95. The van der Waals surface area contributed by atoms with Crippen LogP contribution in [0.5, 0.6) is 0 Å². The molecule has 0 spiro atoms. The molecule has 2 heteroatoms. The van der Waals surface area contributed by atoms with Crippen LogP contribution in [0.15, 0.2) is 12.3 Å². The van der Waals surface area contributed by atoms with Gasteiger partial charge in [0, 0.05) is 6.61 Å². The van der Waals surface area contributed by atoms with E-state index < -0.39 is 0 Å². The quantitative estimate of drug-likeness (QED) is 0.532. The summed E-state index contributed by atoms with van der Waals surface area (Å²) in [6, 6.07) is 0. The van der Waals surface area contributed by atoms with Crippen LogP contribution in [0.4, 0.5) is 0 Å². The Hall–Kier alpha value is -0.500. The molecule has 0 fully saturated rings. The largest absolute Gasteiger partial charge is 0.405 e. The molecular formula is C13H27NO. The number of hydrogen-bond donors (Lipinski definition) is 1. The van der Waals surface area contributed by atoms with E-state index in [1.54, 1.807) is 0 Å². The first-order chi connectivity index (χ1) is 7.41. The van der Waals surface area contributed by atoms with Crippen LogP contribution in [0.1, 0.15) is 58.3 Å². The van der Waals surface area contributed by atoms with Gasteiger partial charge in [0.05, 0.1) is 6.61 Å². The van der Waals surface area contributed by atoms with Gasteiger partial charge in [-0.3, -0.25) is 0 Å². The monoisotopic (exact) mass is 213 g/mol. The van der Waals surface area contributed by atoms with Crippen molar-refractivity contribution >= 4 is 0 Å². The molecule has 0 aliphatic carbocycles. The Kier molecular flexibility index (Phi) is 13.1. The van der Waals surface area contributed by atoms with Crippen LogP contribution in [0.2, 0.25) is 0 Å². The van der Waals surface area contributed by atoms with Crippen LogP contribution < -0.4 is 5.73 Å². The second-order valence-corrected chi connectivity index (χ2v) is 3.98. The van der Waals surface area contributed by atoms with Crippen molar-refractivity contribution in [3.8, 4) is 0 Å². The van der Waals surface area contributed by atoms with Gasteiger partial charge in [0.2, 0.25) is 0 Å². The number of nitrogens with two attached hydrogens (primary N) is 1. The number of ether oxygens (including phenoxy) is 1. The van der Waals surface area contributed by atoms with Gasteiger partial charge in [-0.2, -0.15) is 0 Å². The van der Waals surface area contributed by atoms with Crippen LogP contribution in [-0.2, 0) is 4.74 Å². The Labute approximate surface area is 94.9 Å². The molecule has 90 valence electrons. The first-order valence-electron chi connectivity index (χ1n) is 6.36. The summed E-state index contributed by atoms with van der Waals surface area (Å²) in [6.07, 6.45) is 14.2. The SMILES string of the molecule is CCCCCCCCCCOCC=CN. The van der Waals surface area contributed by atoms with E-state index in [2.05, 4.69) is 6.92 Å². The molecule has 0 saturated carbocycles. The third kappa shape index (κ3) is 13.5. The van der Waals surface area contributed by atoms with Crippen LogP contribution in [0.3, 0.4) is 0 Å². The summed E-state index contributed by atoms with van der Waals surface area (Å²) in [6.45, 7) is 3.79. The maximum Gasteiger partial charge on any atom is 0.0664 e. The average molecular weight is 213 g/mol. The summed E-state index contributed by atoms with van der Waals surface area (Å²) in [7, 11) is 0. The molecule has 0 amide bonds. The molecule has 2 N–H and O–H groups in total. The van der Waals surface area contributed by atoms with E-state index in [-0.39, 0.29) is 0 Å². The van der Waals surface area contributed by atoms with Crippen LogP contribution in [0.25, 0.3) is 0 Å². The van der Waals surface area contributed by atoms with Crippen molar-refractivity contribution in [2.45, 2.75) is 58.3 Å². The molecule has 0 aromatic carbocycles. The fourth-order valence-corrected chi connectivity index (χ4v) is 1.54. The summed E-state index contributed by atoms with van der Waals surface area (Å²) in [4.78, 5) is 0. The van der Waals surface area contributed by atoms with Crippen LogP contribution in [0, 0.1) is 0 Å². The minimum Gasteiger partial charge on any atom is -0.405 e. The molecule has 0 radical (unpaired) electrons. The smallest absolute Gasteiger partial charge is 0.0664 e. The Balaban J connectivity index is 2.86. The molecule has 0 aliphatic heterocycles. The molecule has 0 rings (SSSR count). The highest BCUT2D eigenvalue weighted by atomic mass is 16.5. The molecule has 0 aromatic heterocycles. The van der Waals surface area contributed by atoms with E-state index in [0.717, 1.165) is 6.61 Å². The lowest BCUT2D eigenvalue weighted by Gasteiger charge is -2.02. The van der Waals surface area contributed by atoms with Gasteiger partial charge in [-0.15, -0.1) is 0 Å². The van der Waals surface area contributed by atoms with Gasteiger partial charge in [0.25, 0.3) is 0 Å². The zero-order valence-electron chi connectivity index (χ0n) is 10.2. The second-order valence-electron chi connectivity index (χ2n) is 3.98. The van der Waals surface area contributed by atoms with Crippen molar-refractivity contribution in [3.05, 3.63) is 12.3 Å². The normalized spacial score (nSPS) is 11.3. The van der Waals surface area contributed by atoms with E-state index >= 15 is 0 Å². The summed E-state index contributed by atoms with van der Waals surface area (Å²) in [5.74, 6) is 0. The molecule has 15 heavy (non-hydrogen) atoms. The maximum atomic E-state index is 5.35. The first kappa shape index (κ1) is 14.5. The van der Waals surface area contributed by atoms with Crippen molar-refractivity contribution in [2.24, 2.45) is 5.73 Å². The van der Waals surface area contributed by atoms with Gasteiger partial charge in [-0.05, 0) is 18.7 Å².